The average Bonchev–Trinajstić information content (AvgIpc) is 2.44. The first-order valence-electron chi connectivity index (χ1n) is 6.98. The number of hydrogen-bond donors (Lipinski definition) is 2. The number of amides is 1. The maximum atomic E-state index is 11.3. The summed E-state index contributed by atoms with van der Waals surface area (Å²) >= 11 is 4.75. The van der Waals surface area contributed by atoms with Crippen LogP contribution in [0.3, 0.4) is 0 Å². The Morgan fingerprint density at radius 3 is 2.65 bits per heavy atom. The Morgan fingerprint density at radius 2 is 2.05 bits per heavy atom. The molecule has 1 fully saturated rings. The van der Waals surface area contributed by atoms with Crippen molar-refractivity contribution in [1.82, 2.24) is 10.6 Å². The van der Waals surface area contributed by atoms with Gasteiger partial charge in [-0.1, -0.05) is 6.07 Å². The molecule has 1 unspecified atom stereocenters. The molecule has 0 radical (unpaired) electrons. The maximum absolute atomic E-state index is 11.3. The molecule has 2 rings (SSSR count). The summed E-state index contributed by atoms with van der Waals surface area (Å²) in [6.07, 6.45) is 2.37. The molecule has 1 aromatic rings. The van der Waals surface area contributed by atoms with E-state index in [0.29, 0.717) is 11.8 Å². The Balaban J connectivity index is 2.19. The molecule has 0 bridgehead atoms. The fourth-order valence-electron chi connectivity index (χ4n) is 2.80. The monoisotopic (exact) mass is 498 g/mol. The van der Waals surface area contributed by atoms with Gasteiger partial charge in [0, 0.05) is 26.5 Å². The summed E-state index contributed by atoms with van der Waals surface area (Å²) < 4.78 is 2.58. The first-order chi connectivity index (χ1) is 9.58. The first-order valence-corrected chi connectivity index (χ1v) is 9.14. The molecule has 0 spiro atoms. The van der Waals surface area contributed by atoms with Gasteiger partial charge >= 0.3 is 0 Å². The Hall–Kier alpha value is 0.110. The molecule has 1 saturated heterocycles. The third-order valence-corrected chi connectivity index (χ3v) is 6.76. The van der Waals surface area contributed by atoms with Gasteiger partial charge in [0.25, 0.3) is 0 Å². The van der Waals surface area contributed by atoms with Crippen LogP contribution < -0.4 is 10.6 Å². The van der Waals surface area contributed by atoms with Crippen molar-refractivity contribution >= 4 is 51.1 Å². The Morgan fingerprint density at radius 1 is 1.35 bits per heavy atom. The second kappa shape index (κ2) is 7.93. The predicted octanol–water partition coefficient (Wildman–Crippen LogP) is 3.12. The summed E-state index contributed by atoms with van der Waals surface area (Å²) in [5.74, 6) is 1.13. The van der Waals surface area contributed by atoms with Crippen molar-refractivity contribution in [2.75, 3.05) is 19.6 Å². The third-order valence-electron chi connectivity index (χ3n) is 3.90. The quantitative estimate of drug-likeness (QED) is 0.627. The zero-order valence-corrected chi connectivity index (χ0v) is 15.9. The van der Waals surface area contributed by atoms with Gasteiger partial charge in [-0.3, -0.25) is 4.79 Å². The molecule has 110 valence electrons. The standard InChI is InChI=1S/C15H20I2N2O/c1-10(20)19-9-13(11-4-6-18-7-5-11)12-2-3-14(16)15(17)8-12/h2-3,8,11,13,18H,4-7,9H2,1H3,(H,19,20). The van der Waals surface area contributed by atoms with Gasteiger partial charge in [0.2, 0.25) is 5.91 Å². The minimum absolute atomic E-state index is 0.0594. The van der Waals surface area contributed by atoms with Crippen LogP contribution in [0.5, 0.6) is 0 Å². The fourth-order valence-corrected chi connectivity index (χ4v) is 3.67. The van der Waals surface area contributed by atoms with E-state index in [-0.39, 0.29) is 5.91 Å². The highest BCUT2D eigenvalue weighted by atomic mass is 127. The SMILES string of the molecule is CC(=O)NCC(c1ccc(I)c(I)c1)C1CCNCC1. The molecule has 0 aromatic heterocycles. The van der Waals surface area contributed by atoms with Crippen molar-refractivity contribution in [2.24, 2.45) is 5.92 Å². The minimum atomic E-state index is 0.0594. The van der Waals surface area contributed by atoms with Crippen LogP contribution in [-0.2, 0) is 4.79 Å². The molecule has 2 N–H and O–H groups in total. The summed E-state index contributed by atoms with van der Waals surface area (Å²) in [6.45, 7) is 4.51. The maximum Gasteiger partial charge on any atom is 0.216 e. The second-order valence-corrected chi connectivity index (χ2v) is 7.63. The number of carbonyl (C=O) groups excluding carboxylic acids is 1. The van der Waals surface area contributed by atoms with Crippen molar-refractivity contribution in [3.63, 3.8) is 0 Å². The van der Waals surface area contributed by atoms with Crippen LogP contribution in [0.1, 0.15) is 31.2 Å². The van der Waals surface area contributed by atoms with Gasteiger partial charge in [0.05, 0.1) is 0 Å². The first kappa shape index (κ1) is 16.5. The summed E-state index contributed by atoms with van der Waals surface area (Å²) in [5, 5.41) is 6.43. The highest BCUT2D eigenvalue weighted by Gasteiger charge is 2.25. The van der Waals surface area contributed by atoms with E-state index in [1.54, 1.807) is 6.92 Å². The summed E-state index contributed by atoms with van der Waals surface area (Å²) in [7, 11) is 0. The molecular formula is C15H20I2N2O. The van der Waals surface area contributed by atoms with Crippen molar-refractivity contribution in [2.45, 2.75) is 25.7 Å². The zero-order valence-electron chi connectivity index (χ0n) is 11.6. The minimum Gasteiger partial charge on any atom is -0.356 e. The van der Waals surface area contributed by atoms with Crippen LogP contribution in [-0.4, -0.2) is 25.5 Å². The molecule has 1 aliphatic heterocycles. The topological polar surface area (TPSA) is 41.1 Å². The van der Waals surface area contributed by atoms with Crippen molar-refractivity contribution in [3.05, 3.63) is 30.9 Å². The van der Waals surface area contributed by atoms with Gasteiger partial charge in [-0.2, -0.15) is 0 Å². The van der Waals surface area contributed by atoms with E-state index in [2.05, 4.69) is 74.0 Å². The summed E-state index contributed by atoms with van der Waals surface area (Å²) in [4.78, 5) is 11.3. The van der Waals surface area contributed by atoms with E-state index in [9.17, 15) is 4.79 Å². The molecular weight excluding hydrogens is 478 g/mol. The Kier molecular flexibility index (Phi) is 6.54. The van der Waals surface area contributed by atoms with Gasteiger partial charge in [-0.05, 0) is 94.7 Å². The average molecular weight is 498 g/mol. The Bertz CT molecular complexity index is 473. The normalized spacial score (nSPS) is 17.8. The van der Waals surface area contributed by atoms with E-state index < -0.39 is 0 Å². The van der Waals surface area contributed by atoms with Gasteiger partial charge < -0.3 is 10.6 Å². The van der Waals surface area contributed by atoms with Crippen LogP contribution in [0.15, 0.2) is 18.2 Å². The van der Waals surface area contributed by atoms with Gasteiger partial charge in [0.1, 0.15) is 0 Å². The molecule has 1 amide bonds. The summed E-state index contributed by atoms with van der Waals surface area (Å²) in [6, 6.07) is 6.68. The van der Waals surface area contributed by atoms with Gasteiger partial charge in [0.15, 0.2) is 0 Å². The van der Waals surface area contributed by atoms with Crippen molar-refractivity contribution in [1.29, 1.82) is 0 Å². The second-order valence-electron chi connectivity index (χ2n) is 5.30. The highest BCUT2D eigenvalue weighted by Crippen LogP contribution is 2.32. The van der Waals surface area contributed by atoms with Crippen LogP contribution >= 0.6 is 45.2 Å². The van der Waals surface area contributed by atoms with Crippen LogP contribution in [0.2, 0.25) is 0 Å². The largest absolute Gasteiger partial charge is 0.356 e. The molecule has 5 heteroatoms. The molecule has 1 heterocycles. The number of rotatable bonds is 4. The molecule has 0 saturated carbocycles. The van der Waals surface area contributed by atoms with Gasteiger partial charge in [-0.25, -0.2) is 0 Å². The number of piperidine rings is 1. The van der Waals surface area contributed by atoms with E-state index in [1.165, 1.54) is 25.5 Å². The number of benzene rings is 1. The van der Waals surface area contributed by atoms with E-state index in [4.69, 9.17) is 0 Å². The lowest BCUT2D eigenvalue weighted by Gasteiger charge is -2.31. The molecule has 1 aromatic carbocycles. The number of nitrogens with one attached hydrogen (secondary N) is 2. The fraction of sp³-hybridized carbons (Fsp3) is 0.533. The predicted molar refractivity (Wildman–Crippen MR) is 98.9 cm³/mol. The lowest BCUT2D eigenvalue weighted by atomic mass is 9.80. The molecule has 20 heavy (non-hydrogen) atoms. The highest BCUT2D eigenvalue weighted by molar-refractivity contribution is 14.1. The van der Waals surface area contributed by atoms with Crippen LogP contribution in [0, 0.1) is 13.1 Å². The molecule has 1 atom stereocenters. The van der Waals surface area contributed by atoms with Crippen LogP contribution in [0.4, 0.5) is 0 Å². The smallest absolute Gasteiger partial charge is 0.216 e. The van der Waals surface area contributed by atoms with Crippen LogP contribution in [0.25, 0.3) is 0 Å². The Labute approximate surface area is 147 Å². The zero-order chi connectivity index (χ0) is 14.5. The van der Waals surface area contributed by atoms with Crippen molar-refractivity contribution < 1.29 is 4.79 Å². The number of hydrogen-bond acceptors (Lipinski definition) is 2. The van der Waals surface area contributed by atoms with E-state index in [0.717, 1.165) is 19.6 Å². The van der Waals surface area contributed by atoms with E-state index in [1.807, 2.05) is 0 Å². The van der Waals surface area contributed by atoms with E-state index >= 15 is 0 Å². The molecule has 0 aliphatic carbocycles. The number of halogens is 2. The summed E-state index contributed by atoms with van der Waals surface area (Å²) in [5.41, 5.74) is 1.36. The molecule has 1 aliphatic rings. The lowest BCUT2D eigenvalue weighted by molar-refractivity contribution is -0.119. The van der Waals surface area contributed by atoms with Crippen molar-refractivity contribution in [3.8, 4) is 0 Å². The third kappa shape index (κ3) is 4.56. The van der Waals surface area contributed by atoms with Gasteiger partial charge in [-0.15, -0.1) is 0 Å². The lowest BCUT2D eigenvalue weighted by Crippen LogP contribution is -2.36. The number of carbonyl (C=O) groups is 1. The molecule has 3 nitrogen and oxygen atoms in total.